The van der Waals surface area contributed by atoms with Crippen molar-refractivity contribution in [3.63, 3.8) is 0 Å². The number of hydrogen-bond acceptors (Lipinski definition) is 5. The summed E-state index contributed by atoms with van der Waals surface area (Å²) in [6.07, 6.45) is 0.769. The summed E-state index contributed by atoms with van der Waals surface area (Å²) in [6, 6.07) is -1.04. The fraction of sp³-hybridized carbons (Fsp3) is 0.385. The summed E-state index contributed by atoms with van der Waals surface area (Å²) in [6.45, 7) is 0.579. The van der Waals surface area contributed by atoms with Gasteiger partial charge in [0.2, 0.25) is 0 Å². The number of carbonyl (C=O) groups excluding carboxylic acids is 1. The molecule has 0 aromatic carbocycles. The van der Waals surface area contributed by atoms with Crippen molar-refractivity contribution in [3.05, 3.63) is 17.3 Å². The smallest absolute Gasteiger partial charge is 0.263 e. The minimum absolute atomic E-state index is 0.0973. The first-order valence-electron chi connectivity index (χ1n) is 6.78. The van der Waals surface area contributed by atoms with E-state index in [1.807, 2.05) is 0 Å². The molecular formula is C13H12F2N4O2S. The second-order valence-electron chi connectivity index (χ2n) is 5.09. The normalized spacial score (nSPS) is 20.4. The topological polar surface area (TPSA) is 70.2 Å². The van der Waals surface area contributed by atoms with Crippen LogP contribution in [0.5, 0.6) is 5.75 Å². The number of halogens is 2. The van der Waals surface area contributed by atoms with E-state index in [1.165, 1.54) is 11.3 Å². The largest absolute Gasteiger partial charge is 0.487 e. The monoisotopic (exact) mass is 326 g/mol. The first-order valence-corrected chi connectivity index (χ1v) is 7.60. The Hall–Kier alpha value is -2.16. The molecule has 4 heterocycles. The van der Waals surface area contributed by atoms with Gasteiger partial charge in [0, 0.05) is 24.8 Å². The maximum absolute atomic E-state index is 13.3. The Bertz CT molecular complexity index is 716. The van der Waals surface area contributed by atoms with Crippen molar-refractivity contribution in [2.75, 3.05) is 24.6 Å². The lowest BCUT2D eigenvalue weighted by Gasteiger charge is -2.36. The first-order chi connectivity index (χ1) is 10.7. The highest BCUT2D eigenvalue weighted by Crippen LogP contribution is 2.51. The summed E-state index contributed by atoms with van der Waals surface area (Å²) in [5, 5.41) is 9.34. The zero-order valence-corrected chi connectivity index (χ0v) is 12.1. The second kappa shape index (κ2) is 4.94. The molecule has 0 unspecified atom stereocenters. The zero-order chi connectivity index (χ0) is 15.3. The number of hydrogen-bond donors (Lipinski definition) is 2. The molecule has 0 saturated carbocycles. The molecule has 0 radical (unpaired) electrons. The third-order valence-electron chi connectivity index (χ3n) is 3.82. The fourth-order valence-corrected chi connectivity index (χ4v) is 3.96. The molecule has 116 valence electrons. The Morgan fingerprint density at radius 3 is 3.05 bits per heavy atom. The van der Waals surface area contributed by atoms with E-state index >= 15 is 0 Å². The third-order valence-corrected chi connectivity index (χ3v) is 5.03. The van der Waals surface area contributed by atoms with Crippen LogP contribution in [-0.2, 0) is 0 Å². The number of carbonyl (C=O) groups is 1. The molecule has 2 aliphatic heterocycles. The van der Waals surface area contributed by atoms with Gasteiger partial charge >= 0.3 is 0 Å². The second-order valence-corrected chi connectivity index (χ2v) is 6.11. The van der Waals surface area contributed by atoms with E-state index in [-0.39, 0.29) is 12.5 Å². The van der Waals surface area contributed by atoms with E-state index in [9.17, 15) is 13.6 Å². The first kappa shape index (κ1) is 13.5. The Morgan fingerprint density at radius 2 is 2.32 bits per heavy atom. The molecule has 2 aliphatic rings. The number of ether oxygens (including phenoxy) is 1. The number of anilines is 1. The van der Waals surface area contributed by atoms with Crippen LogP contribution in [0.1, 0.15) is 9.67 Å². The molecule has 0 fully saturated rings. The summed E-state index contributed by atoms with van der Waals surface area (Å²) in [5.41, 5.74) is 1.25. The Balaban J connectivity index is 1.90. The number of H-pyrrole nitrogens is 1. The molecule has 0 bridgehead atoms. The number of aromatic amines is 1. The summed E-state index contributed by atoms with van der Waals surface area (Å²) in [7, 11) is 0. The number of rotatable bonds is 2. The van der Waals surface area contributed by atoms with Gasteiger partial charge in [0.05, 0.1) is 11.1 Å². The fourth-order valence-electron chi connectivity index (χ4n) is 2.80. The van der Waals surface area contributed by atoms with Gasteiger partial charge in [-0.2, -0.15) is 5.10 Å². The van der Waals surface area contributed by atoms with Crippen LogP contribution in [0.25, 0.3) is 10.4 Å². The highest BCUT2D eigenvalue weighted by Gasteiger charge is 2.41. The van der Waals surface area contributed by atoms with Crippen molar-refractivity contribution in [1.82, 2.24) is 15.5 Å². The number of thiophene rings is 1. The molecular weight excluding hydrogens is 314 g/mol. The molecule has 2 aromatic rings. The molecule has 2 N–H and O–H groups in total. The van der Waals surface area contributed by atoms with Crippen LogP contribution >= 0.6 is 11.3 Å². The molecule has 4 rings (SSSR count). The SMILES string of the molecule is O=C1NCCN2c3c1sc(-c1cn[nH]c1)c3OC[C@@H]2C(F)F. The average Bonchev–Trinajstić information content (AvgIpc) is 3.10. The molecule has 0 aliphatic carbocycles. The van der Waals surface area contributed by atoms with Crippen LogP contribution in [-0.4, -0.2) is 48.3 Å². The zero-order valence-electron chi connectivity index (χ0n) is 11.3. The molecule has 22 heavy (non-hydrogen) atoms. The van der Waals surface area contributed by atoms with E-state index < -0.39 is 12.5 Å². The van der Waals surface area contributed by atoms with E-state index in [4.69, 9.17) is 4.74 Å². The van der Waals surface area contributed by atoms with E-state index in [1.54, 1.807) is 17.3 Å². The third kappa shape index (κ3) is 1.88. The van der Waals surface area contributed by atoms with Gasteiger partial charge in [0.15, 0.2) is 5.75 Å². The minimum Gasteiger partial charge on any atom is -0.487 e. The van der Waals surface area contributed by atoms with Crippen LogP contribution in [0.4, 0.5) is 14.5 Å². The van der Waals surface area contributed by atoms with Crippen molar-refractivity contribution in [2.45, 2.75) is 12.5 Å². The van der Waals surface area contributed by atoms with Gasteiger partial charge in [-0.1, -0.05) is 0 Å². The van der Waals surface area contributed by atoms with E-state index in [0.29, 0.717) is 29.4 Å². The van der Waals surface area contributed by atoms with Crippen LogP contribution in [0, 0.1) is 0 Å². The molecule has 0 saturated heterocycles. The van der Waals surface area contributed by atoms with Gasteiger partial charge in [-0.3, -0.25) is 9.89 Å². The molecule has 2 aromatic heterocycles. The van der Waals surface area contributed by atoms with E-state index in [0.717, 1.165) is 10.4 Å². The highest BCUT2D eigenvalue weighted by atomic mass is 32.1. The van der Waals surface area contributed by atoms with Crippen molar-refractivity contribution in [1.29, 1.82) is 0 Å². The molecule has 1 atom stereocenters. The van der Waals surface area contributed by atoms with Gasteiger partial charge in [-0.15, -0.1) is 11.3 Å². The standard InChI is InChI=1S/C13H12F2N4O2S/c14-12(15)7-5-21-9-8-11(13(20)16-1-2-19(7)8)22-10(9)6-3-17-18-4-6/h3-4,7,12H,1-2,5H2,(H,16,20)(H,17,18)/t7-/m1/s1. The van der Waals surface area contributed by atoms with Gasteiger partial charge in [0.1, 0.15) is 23.2 Å². The average molecular weight is 326 g/mol. The molecule has 1 amide bonds. The molecule has 0 spiro atoms. The van der Waals surface area contributed by atoms with Gasteiger partial charge in [0.25, 0.3) is 12.3 Å². The minimum atomic E-state index is -2.54. The number of alkyl halides is 2. The Kier molecular flexibility index (Phi) is 3.03. The summed E-state index contributed by atoms with van der Waals surface area (Å²) >= 11 is 1.24. The summed E-state index contributed by atoms with van der Waals surface area (Å²) in [4.78, 5) is 14.9. The van der Waals surface area contributed by atoms with Gasteiger partial charge < -0.3 is 15.0 Å². The van der Waals surface area contributed by atoms with E-state index in [2.05, 4.69) is 15.5 Å². The van der Waals surface area contributed by atoms with Crippen LogP contribution in [0.3, 0.4) is 0 Å². The highest BCUT2D eigenvalue weighted by molar-refractivity contribution is 7.18. The number of aromatic nitrogens is 2. The van der Waals surface area contributed by atoms with Crippen LogP contribution < -0.4 is 15.0 Å². The Labute approximate surface area is 128 Å². The number of nitrogens with one attached hydrogen (secondary N) is 2. The van der Waals surface area contributed by atoms with Crippen molar-refractivity contribution in [2.24, 2.45) is 0 Å². The van der Waals surface area contributed by atoms with Crippen molar-refractivity contribution < 1.29 is 18.3 Å². The predicted molar refractivity (Wildman–Crippen MR) is 76.9 cm³/mol. The van der Waals surface area contributed by atoms with Crippen LogP contribution in [0.15, 0.2) is 12.4 Å². The lowest BCUT2D eigenvalue weighted by atomic mass is 10.1. The quantitative estimate of drug-likeness (QED) is 0.881. The number of nitrogens with zero attached hydrogens (tertiary/aromatic N) is 2. The molecule has 9 heteroatoms. The van der Waals surface area contributed by atoms with Gasteiger partial charge in [-0.25, -0.2) is 8.78 Å². The summed E-state index contributed by atoms with van der Waals surface area (Å²) < 4.78 is 32.2. The van der Waals surface area contributed by atoms with Gasteiger partial charge in [-0.05, 0) is 0 Å². The van der Waals surface area contributed by atoms with Crippen molar-refractivity contribution >= 4 is 22.9 Å². The lowest BCUT2D eigenvalue weighted by Crippen LogP contribution is -2.48. The maximum Gasteiger partial charge on any atom is 0.263 e. The van der Waals surface area contributed by atoms with Crippen molar-refractivity contribution in [3.8, 4) is 16.2 Å². The lowest BCUT2D eigenvalue weighted by molar-refractivity contribution is 0.0792. The molecule has 6 nitrogen and oxygen atoms in total. The predicted octanol–water partition coefficient (Wildman–Crippen LogP) is 1.71. The number of amides is 1. The van der Waals surface area contributed by atoms with Crippen LogP contribution in [0.2, 0.25) is 0 Å². The summed E-state index contributed by atoms with van der Waals surface area (Å²) in [5.74, 6) is 0.243. The Morgan fingerprint density at radius 1 is 1.45 bits per heavy atom. The maximum atomic E-state index is 13.3.